The quantitative estimate of drug-likeness (QED) is 0.288. The molecule has 0 aliphatic rings. The molecule has 26 heavy (non-hydrogen) atoms. The fourth-order valence-corrected chi connectivity index (χ4v) is 2.64. The molecule has 0 aromatic rings. The topological polar surface area (TPSA) is 82.3 Å². The third kappa shape index (κ3) is 18.9. The van der Waals surface area contributed by atoms with Crippen LogP contribution in [0.1, 0.15) is 90.9 Å². The maximum Gasteiger partial charge on any atom is 0.314 e. The van der Waals surface area contributed by atoms with Gasteiger partial charge in [0.2, 0.25) is 0 Å². The standard InChI is InChI=1S/C20H42N4O2/c1-3-5-7-11-15-21-19(25)23-17-13-9-10-14-18-24-20(26)22-16-12-8-6-4-2/h3-18H2,1-2H3,(H2,21,23,25)(H2,22,24,26). The van der Waals surface area contributed by atoms with Crippen LogP contribution >= 0.6 is 0 Å². The van der Waals surface area contributed by atoms with Crippen molar-refractivity contribution in [2.45, 2.75) is 90.9 Å². The summed E-state index contributed by atoms with van der Waals surface area (Å²) in [6.07, 6.45) is 13.5. The second-order valence-electron chi connectivity index (χ2n) is 6.90. The van der Waals surface area contributed by atoms with E-state index in [-0.39, 0.29) is 12.1 Å². The lowest BCUT2D eigenvalue weighted by molar-refractivity contribution is 0.239. The highest BCUT2D eigenvalue weighted by atomic mass is 16.2. The van der Waals surface area contributed by atoms with E-state index in [4.69, 9.17) is 0 Å². The maximum absolute atomic E-state index is 11.6. The van der Waals surface area contributed by atoms with Crippen LogP contribution in [0.4, 0.5) is 9.59 Å². The van der Waals surface area contributed by atoms with Gasteiger partial charge < -0.3 is 21.3 Å². The molecule has 0 unspecified atom stereocenters. The molecular weight excluding hydrogens is 328 g/mol. The molecule has 4 N–H and O–H groups in total. The molecule has 0 heterocycles. The number of amides is 4. The van der Waals surface area contributed by atoms with Crippen LogP contribution in [-0.4, -0.2) is 38.2 Å². The first-order valence-electron chi connectivity index (χ1n) is 10.7. The zero-order valence-corrected chi connectivity index (χ0v) is 17.1. The Morgan fingerprint density at radius 3 is 1.00 bits per heavy atom. The molecule has 6 heteroatoms. The zero-order valence-electron chi connectivity index (χ0n) is 17.1. The van der Waals surface area contributed by atoms with Gasteiger partial charge in [0.25, 0.3) is 0 Å². The lowest BCUT2D eigenvalue weighted by Crippen LogP contribution is -2.36. The van der Waals surface area contributed by atoms with E-state index in [0.29, 0.717) is 13.1 Å². The van der Waals surface area contributed by atoms with Gasteiger partial charge in [0.1, 0.15) is 0 Å². The number of carbonyl (C=O) groups is 2. The van der Waals surface area contributed by atoms with Gasteiger partial charge in [-0.15, -0.1) is 0 Å². The van der Waals surface area contributed by atoms with Crippen LogP contribution in [-0.2, 0) is 0 Å². The number of carbonyl (C=O) groups excluding carboxylic acids is 2. The van der Waals surface area contributed by atoms with Crippen LogP contribution in [0.3, 0.4) is 0 Å². The highest BCUT2D eigenvalue weighted by Crippen LogP contribution is 1.99. The Morgan fingerprint density at radius 1 is 0.462 bits per heavy atom. The van der Waals surface area contributed by atoms with Crippen LogP contribution in [0, 0.1) is 0 Å². The normalized spacial score (nSPS) is 10.4. The number of hydrogen-bond acceptors (Lipinski definition) is 2. The van der Waals surface area contributed by atoms with Crippen LogP contribution in [0.5, 0.6) is 0 Å². The summed E-state index contributed by atoms with van der Waals surface area (Å²) in [5.41, 5.74) is 0. The van der Waals surface area contributed by atoms with E-state index in [1.807, 2.05) is 0 Å². The second-order valence-corrected chi connectivity index (χ2v) is 6.90. The molecule has 0 spiro atoms. The minimum Gasteiger partial charge on any atom is -0.338 e. The molecular formula is C20H42N4O2. The average molecular weight is 371 g/mol. The van der Waals surface area contributed by atoms with E-state index in [9.17, 15) is 9.59 Å². The van der Waals surface area contributed by atoms with E-state index in [2.05, 4.69) is 35.1 Å². The number of unbranched alkanes of at least 4 members (excludes halogenated alkanes) is 9. The molecule has 0 aliphatic heterocycles. The minimum absolute atomic E-state index is 0.0567. The number of nitrogens with one attached hydrogen (secondary N) is 4. The van der Waals surface area contributed by atoms with Crippen LogP contribution in [0.2, 0.25) is 0 Å². The summed E-state index contributed by atoms with van der Waals surface area (Å²) in [5.74, 6) is 0. The van der Waals surface area contributed by atoms with Crippen molar-refractivity contribution >= 4 is 12.1 Å². The van der Waals surface area contributed by atoms with Crippen molar-refractivity contribution in [2.75, 3.05) is 26.2 Å². The number of urea groups is 2. The van der Waals surface area contributed by atoms with Crippen LogP contribution in [0.25, 0.3) is 0 Å². The molecule has 0 rings (SSSR count). The summed E-state index contributed by atoms with van der Waals surface area (Å²) in [6, 6.07) is -0.113. The van der Waals surface area contributed by atoms with Crippen molar-refractivity contribution in [2.24, 2.45) is 0 Å². The van der Waals surface area contributed by atoms with E-state index >= 15 is 0 Å². The lowest BCUT2D eigenvalue weighted by atomic mass is 10.2. The van der Waals surface area contributed by atoms with E-state index < -0.39 is 0 Å². The Balaban J connectivity index is 3.25. The second kappa shape index (κ2) is 19.9. The Morgan fingerprint density at radius 2 is 0.731 bits per heavy atom. The third-order valence-electron chi connectivity index (χ3n) is 4.31. The van der Waals surface area contributed by atoms with Crippen molar-refractivity contribution in [1.82, 2.24) is 21.3 Å². The van der Waals surface area contributed by atoms with Crippen LogP contribution < -0.4 is 21.3 Å². The van der Waals surface area contributed by atoms with Gasteiger partial charge in [-0.25, -0.2) is 9.59 Å². The molecule has 154 valence electrons. The molecule has 0 atom stereocenters. The predicted molar refractivity (Wildman–Crippen MR) is 110 cm³/mol. The Bertz CT molecular complexity index is 306. The van der Waals surface area contributed by atoms with Gasteiger partial charge >= 0.3 is 12.1 Å². The van der Waals surface area contributed by atoms with Crippen molar-refractivity contribution < 1.29 is 9.59 Å². The summed E-state index contributed by atoms with van der Waals surface area (Å²) in [4.78, 5) is 23.1. The van der Waals surface area contributed by atoms with Gasteiger partial charge in [-0.05, 0) is 25.7 Å². The SMILES string of the molecule is CCCCCCNC(=O)NCCCCCCNC(=O)NCCCCCC. The fraction of sp³-hybridized carbons (Fsp3) is 0.900. The van der Waals surface area contributed by atoms with Gasteiger partial charge in [-0.3, -0.25) is 0 Å². The molecule has 6 nitrogen and oxygen atoms in total. The number of hydrogen-bond donors (Lipinski definition) is 4. The van der Waals surface area contributed by atoms with Gasteiger partial charge in [-0.2, -0.15) is 0 Å². The van der Waals surface area contributed by atoms with E-state index in [1.54, 1.807) is 0 Å². The summed E-state index contributed by atoms with van der Waals surface area (Å²) < 4.78 is 0. The molecule has 0 aromatic carbocycles. The van der Waals surface area contributed by atoms with Gasteiger partial charge in [0.05, 0.1) is 0 Å². The largest absolute Gasteiger partial charge is 0.338 e. The first-order valence-corrected chi connectivity index (χ1v) is 10.7. The highest BCUT2D eigenvalue weighted by molar-refractivity contribution is 5.74. The van der Waals surface area contributed by atoms with Crippen molar-refractivity contribution in [3.63, 3.8) is 0 Å². The van der Waals surface area contributed by atoms with Crippen molar-refractivity contribution in [3.8, 4) is 0 Å². The molecule has 0 saturated heterocycles. The number of rotatable bonds is 17. The van der Waals surface area contributed by atoms with Crippen molar-refractivity contribution in [1.29, 1.82) is 0 Å². The first-order chi connectivity index (χ1) is 12.7. The van der Waals surface area contributed by atoms with E-state index in [0.717, 1.165) is 51.6 Å². The first kappa shape index (κ1) is 24.5. The Kier molecular flexibility index (Phi) is 18.7. The summed E-state index contributed by atoms with van der Waals surface area (Å²) in [5, 5.41) is 11.6. The molecule has 0 radical (unpaired) electrons. The summed E-state index contributed by atoms with van der Waals surface area (Å²) >= 11 is 0. The van der Waals surface area contributed by atoms with Crippen molar-refractivity contribution in [3.05, 3.63) is 0 Å². The Hall–Kier alpha value is -1.46. The lowest BCUT2D eigenvalue weighted by Gasteiger charge is -2.08. The fourth-order valence-electron chi connectivity index (χ4n) is 2.64. The minimum atomic E-state index is -0.0567. The third-order valence-corrected chi connectivity index (χ3v) is 4.31. The monoisotopic (exact) mass is 370 g/mol. The highest BCUT2D eigenvalue weighted by Gasteiger charge is 2.00. The molecule has 0 bridgehead atoms. The van der Waals surface area contributed by atoms with Crippen LogP contribution in [0.15, 0.2) is 0 Å². The van der Waals surface area contributed by atoms with Gasteiger partial charge in [-0.1, -0.05) is 65.2 Å². The zero-order chi connectivity index (χ0) is 19.3. The summed E-state index contributed by atoms with van der Waals surface area (Å²) in [6.45, 7) is 7.32. The Labute approximate surface area is 160 Å². The van der Waals surface area contributed by atoms with Gasteiger partial charge in [0, 0.05) is 26.2 Å². The maximum atomic E-state index is 11.6. The molecule has 0 saturated carbocycles. The smallest absolute Gasteiger partial charge is 0.314 e. The van der Waals surface area contributed by atoms with Gasteiger partial charge in [0.15, 0.2) is 0 Å². The molecule has 0 fully saturated rings. The van der Waals surface area contributed by atoms with E-state index in [1.165, 1.54) is 38.5 Å². The molecule has 0 aliphatic carbocycles. The molecule has 0 aromatic heterocycles. The molecule has 4 amide bonds. The summed E-state index contributed by atoms with van der Waals surface area (Å²) in [7, 11) is 0. The average Bonchev–Trinajstić information content (AvgIpc) is 2.63. The predicted octanol–water partition coefficient (Wildman–Crippen LogP) is 4.31.